The largest absolute Gasteiger partial charge is 0.466 e. The summed E-state index contributed by atoms with van der Waals surface area (Å²) in [7, 11) is 1.38. The lowest BCUT2D eigenvalue weighted by Gasteiger charge is -2.00. The molecule has 0 fully saturated rings. The van der Waals surface area contributed by atoms with Crippen molar-refractivity contribution in [2.75, 3.05) is 7.11 Å². The smallest absolute Gasteiger partial charge is 0.334 e. The van der Waals surface area contributed by atoms with Gasteiger partial charge in [-0.25, -0.2) is 4.79 Å². The predicted octanol–water partition coefficient (Wildman–Crippen LogP) is 1.20. The maximum absolute atomic E-state index is 10.8. The van der Waals surface area contributed by atoms with Gasteiger partial charge in [-0.3, -0.25) is 0 Å². The van der Waals surface area contributed by atoms with Gasteiger partial charge in [0, 0.05) is 12.0 Å². The second-order valence-electron chi connectivity index (χ2n) is 1.93. The van der Waals surface area contributed by atoms with Gasteiger partial charge in [-0.2, -0.15) is 0 Å². The molecule has 1 aliphatic rings. The first-order valence-corrected chi connectivity index (χ1v) is 3.03. The number of carbonyl (C=O) groups is 1. The van der Waals surface area contributed by atoms with Crippen LogP contribution in [0.4, 0.5) is 0 Å². The number of hydrogen-bond donors (Lipinski definition) is 0. The predicted molar refractivity (Wildman–Crippen MR) is 37.4 cm³/mol. The number of rotatable bonds is 1. The second-order valence-corrected chi connectivity index (χ2v) is 1.93. The van der Waals surface area contributed by atoms with E-state index in [2.05, 4.69) is 10.5 Å². The molecule has 1 rings (SSSR count). The molecule has 0 aromatic carbocycles. The maximum Gasteiger partial charge on any atom is 0.334 e. The highest BCUT2D eigenvalue weighted by Crippen LogP contribution is 2.07. The Balaban J connectivity index is 2.68. The van der Waals surface area contributed by atoms with Crippen LogP contribution >= 0.6 is 0 Å². The lowest BCUT2D eigenvalue weighted by molar-refractivity contribution is -0.136. The van der Waals surface area contributed by atoms with Crippen molar-refractivity contribution in [3.05, 3.63) is 29.5 Å². The van der Waals surface area contributed by atoms with Crippen LogP contribution in [0.15, 0.2) is 29.5 Å². The van der Waals surface area contributed by atoms with Crippen molar-refractivity contribution < 1.29 is 9.53 Å². The van der Waals surface area contributed by atoms with Crippen molar-refractivity contribution in [2.45, 2.75) is 6.42 Å². The molecule has 0 unspecified atom stereocenters. The Labute approximate surface area is 59.5 Å². The molecule has 1 aliphatic carbocycles. The zero-order valence-corrected chi connectivity index (χ0v) is 5.76. The van der Waals surface area contributed by atoms with Gasteiger partial charge in [0.2, 0.25) is 0 Å². The van der Waals surface area contributed by atoms with Crippen LogP contribution in [0.1, 0.15) is 6.42 Å². The third-order valence-electron chi connectivity index (χ3n) is 1.27. The molecule has 0 amide bonds. The fourth-order valence-corrected chi connectivity index (χ4v) is 0.736. The molecule has 0 saturated carbocycles. The molecule has 0 aromatic rings. The van der Waals surface area contributed by atoms with Crippen LogP contribution in [-0.4, -0.2) is 13.1 Å². The number of allylic oxidation sites excluding steroid dienone is 2. The van der Waals surface area contributed by atoms with E-state index < -0.39 is 0 Å². The van der Waals surface area contributed by atoms with Crippen molar-refractivity contribution in [2.24, 2.45) is 0 Å². The first-order valence-electron chi connectivity index (χ1n) is 3.03. The lowest BCUT2D eigenvalue weighted by Crippen LogP contribution is -2.04. The molecule has 10 heavy (non-hydrogen) atoms. The van der Waals surface area contributed by atoms with Crippen molar-refractivity contribution >= 4 is 5.97 Å². The van der Waals surface area contributed by atoms with Crippen LogP contribution < -0.4 is 0 Å². The number of esters is 1. The van der Waals surface area contributed by atoms with E-state index in [4.69, 9.17) is 0 Å². The molecular formula is C8H8O2. The monoisotopic (exact) mass is 136 g/mol. The third kappa shape index (κ3) is 1.36. The minimum Gasteiger partial charge on any atom is -0.466 e. The molecule has 0 atom stereocenters. The summed E-state index contributed by atoms with van der Waals surface area (Å²) in [5.41, 5.74) is 3.54. The van der Waals surface area contributed by atoms with E-state index in [-0.39, 0.29) is 5.97 Å². The van der Waals surface area contributed by atoms with E-state index in [1.165, 1.54) is 7.11 Å². The summed E-state index contributed by atoms with van der Waals surface area (Å²) in [6.45, 7) is 0. The standard InChI is InChI=1S/C8H8O2/c1-10-8(9)7-5-3-2-4-6-7/h3-5H,6H2,1H3. The van der Waals surface area contributed by atoms with Crippen LogP contribution in [0.5, 0.6) is 0 Å². The summed E-state index contributed by atoms with van der Waals surface area (Å²) in [4.78, 5) is 10.8. The maximum atomic E-state index is 10.8. The topological polar surface area (TPSA) is 26.3 Å². The first kappa shape index (κ1) is 6.84. The third-order valence-corrected chi connectivity index (χ3v) is 1.27. The molecule has 0 aliphatic heterocycles. The van der Waals surface area contributed by atoms with Crippen LogP contribution in [0.2, 0.25) is 0 Å². The first-order chi connectivity index (χ1) is 4.84. The zero-order chi connectivity index (χ0) is 7.40. The molecule has 0 bridgehead atoms. The van der Waals surface area contributed by atoms with Crippen molar-refractivity contribution in [1.82, 2.24) is 0 Å². The summed E-state index contributed by atoms with van der Waals surface area (Å²) < 4.78 is 4.51. The highest BCUT2D eigenvalue weighted by molar-refractivity contribution is 5.89. The van der Waals surface area contributed by atoms with E-state index in [0.717, 1.165) is 0 Å². The van der Waals surface area contributed by atoms with Gasteiger partial charge in [0.25, 0.3) is 0 Å². The van der Waals surface area contributed by atoms with Crippen molar-refractivity contribution in [3.63, 3.8) is 0 Å². The molecule has 0 radical (unpaired) electrons. The molecule has 0 saturated heterocycles. The Morgan fingerprint density at radius 2 is 2.60 bits per heavy atom. The summed E-state index contributed by atoms with van der Waals surface area (Å²) in [6.07, 6.45) is 5.84. The summed E-state index contributed by atoms with van der Waals surface area (Å²) in [5, 5.41) is 0. The van der Waals surface area contributed by atoms with Crippen LogP contribution in [0, 0.1) is 0 Å². The highest BCUT2D eigenvalue weighted by Gasteiger charge is 2.06. The second kappa shape index (κ2) is 3.04. The van der Waals surface area contributed by atoms with Gasteiger partial charge in [0.05, 0.1) is 7.11 Å². The molecule has 2 nitrogen and oxygen atoms in total. The van der Waals surface area contributed by atoms with Crippen molar-refractivity contribution in [3.8, 4) is 0 Å². The van der Waals surface area contributed by atoms with Crippen LogP contribution in [-0.2, 0) is 9.53 Å². The fourth-order valence-electron chi connectivity index (χ4n) is 0.736. The van der Waals surface area contributed by atoms with E-state index in [9.17, 15) is 4.79 Å². The number of ether oxygens (including phenoxy) is 1. The van der Waals surface area contributed by atoms with Gasteiger partial charge >= 0.3 is 5.97 Å². The highest BCUT2D eigenvalue weighted by atomic mass is 16.5. The van der Waals surface area contributed by atoms with E-state index in [1.54, 1.807) is 18.2 Å². The van der Waals surface area contributed by atoms with Gasteiger partial charge in [-0.05, 0) is 18.2 Å². The average molecular weight is 136 g/mol. The average Bonchev–Trinajstić information content (AvgIpc) is 2.05. The molecule has 52 valence electrons. The number of hydrogen-bond acceptors (Lipinski definition) is 2. The SMILES string of the molecule is COC(=O)C1=CC=C=CC1. The fraction of sp³-hybridized carbons (Fsp3) is 0.250. The van der Waals surface area contributed by atoms with E-state index in [1.807, 2.05) is 0 Å². The minimum atomic E-state index is -0.256. The number of methoxy groups -OCH3 is 1. The van der Waals surface area contributed by atoms with Crippen LogP contribution in [0.3, 0.4) is 0 Å². The lowest BCUT2D eigenvalue weighted by atomic mass is 10.1. The van der Waals surface area contributed by atoms with Crippen LogP contribution in [0.25, 0.3) is 0 Å². The Morgan fingerprint density at radius 1 is 1.80 bits per heavy atom. The van der Waals surface area contributed by atoms with Gasteiger partial charge in [0.15, 0.2) is 0 Å². The molecule has 2 heteroatoms. The van der Waals surface area contributed by atoms with Gasteiger partial charge in [0.1, 0.15) is 0 Å². The van der Waals surface area contributed by atoms with Gasteiger partial charge in [-0.1, -0.05) is 0 Å². The Hall–Kier alpha value is -1.27. The molecule has 0 heterocycles. The summed E-state index contributed by atoms with van der Waals surface area (Å²) >= 11 is 0. The summed E-state index contributed by atoms with van der Waals surface area (Å²) in [5.74, 6) is -0.256. The summed E-state index contributed by atoms with van der Waals surface area (Å²) in [6, 6.07) is 0. The Kier molecular flexibility index (Phi) is 2.08. The Morgan fingerprint density at radius 3 is 3.10 bits per heavy atom. The molecule has 0 spiro atoms. The van der Waals surface area contributed by atoms with Crippen molar-refractivity contribution in [1.29, 1.82) is 0 Å². The molecular weight excluding hydrogens is 128 g/mol. The van der Waals surface area contributed by atoms with E-state index in [0.29, 0.717) is 12.0 Å². The quantitative estimate of drug-likeness (QED) is 0.400. The zero-order valence-electron chi connectivity index (χ0n) is 5.76. The minimum absolute atomic E-state index is 0.256. The van der Waals surface area contributed by atoms with Gasteiger partial charge in [-0.15, -0.1) is 5.73 Å². The van der Waals surface area contributed by atoms with E-state index >= 15 is 0 Å². The Bertz CT molecular complexity index is 230. The van der Waals surface area contributed by atoms with Gasteiger partial charge < -0.3 is 4.74 Å². The molecule has 0 N–H and O–H groups in total. The number of carbonyl (C=O) groups excluding carboxylic acids is 1. The molecule has 0 aromatic heterocycles. The normalized spacial score (nSPS) is 14.7.